The van der Waals surface area contributed by atoms with Crippen molar-refractivity contribution >= 4 is 17.5 Å². The van der Waals surface area contributed by atoms with Crippen molar-refractivity contribution in [2.75, 3.05) is 27.2 Å². The number of rotatable bonds is 6. The molecule has 1 amide bonds. The third-order valence-corrected chi connectivity index (χ3v) is 4.29. The van der Waals surface area contributed by atoms with Gasteiger partial charge in [-0.2, -0.15) is 0 Å². The molecule has 25 heavy (non-hydrogen) atoms. The SMILES string of the molecule is Cc1ccc(C2C(C(=O)c3ccco3)C(=O)C(=O)N2CCN(C)C)o1. The molecule has 1 fully saturated rings. The third kappa shape index (κ3) is 3.15. The zero-order valence-corrected chi connectivity index (χ0v) is 14.4. The summed E-state index contributed by atoms with van der Waals surface area (Å²) in [4.78, 5) is 41.2. The summed E-state index contributed by atoms with van der Waals surface area (Å²) in [6.45, 7) is 2.66. The molecule has 0 aromatic carbocycles. The van der Waals surface area contributed by atoms with Gasteiger partial charge in [0.15, 0.2) is 5.76 Å². The molecule has 0 spiro atoms. The number of carbonyl (C=O) groups is 3. The van der Waals surface area contributed by atoms with E-state index < -0.39 is 29.4 Å². The number of ketones is 2. The first kappa shape index (κ1) is 17.2. The van der Waals surface area contributed by atoms with Crippen LogP contribution in [0.3, 0.4) is 0 Å². The Kier molecular flexibility index (Phi) is 4.59. The number of hydrogen-bond donors (Lipinski definition) is 0. The van der Waals surface area contributed by atoms with Gasteiger partial charge in [-0.15, -0.1) is 0 Å². The van der Waals surface area contributed by atoms with Gasteiger partial charge in [0.2, 0.25) is 11.6 Å². The topological polar surface area (TPSA) is 84.0 Å². The van der Waals surface area contributed by atoms with Crippen molar-refractivity contribution in [3.05, 3.63) is 47.8 Å². The summed E-state index contributed by atoms with van der Waals surface area (Å²) in [5.41, 5.74) is 0. The predicted molar refractivity (Wildman–Crippen MR) is 88.0 cm³/mol. The molecule has 7 nitrogen and oxygen atoms in total. The van der Waals surface area contributed by atoms with Crippen LogP contribution in [0, 0.1) is 12.8 Å². The summed E-state index contributed by atoms with van der Waals surface area (Å²) in [5, 5.41) is 0. The lowest BCUT2D eigenvalue weighted by Crippen LogP contribution is -2.36. The van der Waals surface area contributed by atoms with Gasteiger partial charge in [-0.1, -0.05) is 0 Å². The molecule has 3 heterocycles. The van der Waals surface area contributed by atoms with Crippen LogP contribution in [0.1, 0.15) is 28.1 Å². The Labute approximate surface area is 145 Å². The smallest absolute Gasteiger partial charge is 0.291 e. The van der Waals surface area contributed by atoms with E-state index >= 15 is 0 Å². The average Bonchev–Trinajstić information content (AvgIpc) is 3.27. The summed E-state index contributed by atoms with van der Waals surface area (Å²) in [6, 6.07) is 5.77. The van der Waals surface area contributed by atoms with E-state index in [1.807, 2.05) is 19.0 Å². The zero-order valence-electron chi connectivity index (χ0n) is 14.4. The third-order valence-electron chi connectivity index (χ3n) is 4.29. The minimum absolute atomic E-state index is 0.0638. The molecule has 132 valence electrons. The van der Waals surface area contributed by atoms with Gasteiger partial charge in [-0.25, -0.2) is 0 Å². The second-order valence-corrected chi connectivity index (χ2v) is 6.38. The minimum atomic E-state index is -1.16. The summed E-state index contributed by atoms with van der Waals surface area (Å²) in [5.74, 6) is -1.90. The Morgan fingerprint density at radius 2 is 2.00 bits per heavy atom. The first-order valence-corrected chi connectivity index (χ1v) is 8.03. The van der Waals surface area contributed by atoms with Crippen LogP contribution in [0.2, 0.25) is 0 Å². The molecule has 0 bridgehead atoms. The highest BCUT2D eigenvalue weighted by molar-refractivity contribution is 6.43. The summed E-state index contributed by atoms with van der Waals surface area (Å²) in [7, 11) is 3.75. The maximum atomic E-state index is 12.8. The number of Topliss-reactive ketones (excluding diaryl/α,β-unsaturated/α-hetero) is 2. The van der Waals surface area contributed by atoms with E-state index in [0.29, 0.717) is 24.6 Å². The van der Waals surface area contributed by atoms with Gasteiger partial charge < -0.3 is 18.6 Å². The van der Waals surface area contributed by atoms with E-state index in [4.69, 9.17) is 8.83 Å². The summed E-state index contributed by atoms with van der Waals surface area (Å²) in [6.07, 6.45) is 1.37. The molecule has 2 atom stereocenters. The Morgan fingerprint density at radius 3 is 2.56 bits per heavy atom. The van der Waals surface area contributed by atoms with E-state index in [-0.39, 0.29) is 5.76 Å². The minimum Gasteiger partial charge on any atom is -0.464 e. The Morgan fingerprint density at radius 1 is 1.24 bits per heavy atom. The molecular weight excluding hydrogens is 324 g/mol. The molecule has 7 heteroatoms. The van der Waals surface area contributed by atoms with Crippen LogP contribution < -0.4 is 0 Å². The summed E-state index contributed by atoms with van der Waals surface area (Å²) >= 11 is 0. The number of furan rings is 2. The first-order chi connectivity index (χ1) is 11.9. The number of carbonyl (C=O) groups excluding carboxylic acids is 3. The predicted octanol–water partition coefficient (Wildman–Crippen LogP) is 1.69. The lowest BCUT2D eigenvalue weighted by Gasteiger charge is -2.26. The second-order valence-electron chi connectivity index (χ2n) is 6.38. The molecule has 2 aromatic heterocycles. The maximum absolute atomic E-state index is 12.8. The summed E-state index contributed by atoms with van der Waals surface area (Å²) < 4.78 is 10.8. The standard InChI is InChI=1S/C18H20N2O5/c1-11-6-7-12(25-11)15-14(16(21)13-5-4-10-24-13)17(22)18(23)20(15)9-8-19(2)3/h4-7,10,14-15H,8-9H2,1-3H3. The molecule has 1 saturated heterocycles. The molecule has 1 aliphatic rings. The monoisotopic (exact) mass is 344 g/mol. The van der Waals surface area contributed by atoms with Gasteiger partial charge in [0.1, 0.15) is 23.5 Å². The number of amides is 1. The molecule has 0 radical (unpaired) electrons. The van der Waals surface area contributed by atoms with Crippen molar-refractivity contribution in [2.45, 2.75) is 13.0 Å². The quantitative estimate of drug-likeness (QED) is 0.450. The van der Waals surface area contributed by atoms with Crippen LogP contribution in [0.15, 0.2) is 39.4 Å². The number of nitrogens with zero attached hydrogens (tertiary/aromatic N) is 2. The molecule has 1 aliphatic heterocycles. The van der Waals surface area contributed by atoms with Crippen molar-refractivity contribution in [1.29, 1.82) is 0 Å². The molecule has 2 aromatic rings. The lowest BCUT2D eigenvalue weighted by atomic mass is 9.91. The second kappa shape index (κ2) is 6.68. The van der Waals surface area contributed by atoms with Crippen LogP contribution in [0.4, 0.5) is 0 Å². The van der Waals surface area contributed by atoms with E-state index in [9.17, 15) is 14.4 Å². The van der Waals surface area contributed by atoms with E-state index in [1.54, 1.807) is 25.1 Å². The fourth-order valence-electron chi connectivity index (χ4n) is 3.04. The number of likely N-dealkylation sites (N-methyl/N-ethyl adjacent to an activating group) is 1. The fraction of sp³-hybridized carbons (Fsp3) is 0.389. The Hall–Kier alpha value is -2.67. The van der Waals surface area contributed by atoms with Gasteiger partial charge in [0, 0.05) is 13.1 Å². The molecule has 3 rings (SSSR count). The molecule has 0 aliphatic carbocycles. The largest absolute Gasteiger partial charge is 0.464 e. The van der Waals surface area contributed by atoms with Crippen LogP contribution >= 0.6 is 0 Å². The number of aryl methyl sites for hydroxylation is 1. The highest BCUT2D eigenvalue weighted by atomic mass is 16.3. The molecular formula is C18H20N2O5. The van der Waals surface area contributed by atoms with Crippen molar-refractivity contribution in [2.24, 2.45) is 5.92 Å². The lowest BCUT2D eigenvalue weighted by molar-refractivity contribution is -0.141. The van der Waals surface area contributed by atoms with Crippen LogP contribution in [-0.2, 0) is 9.59 Å². The van der Waals surface area contributed by atoms with Gasteiger partial charge in [-0.05, 0) is 45.3 Å². The highest BCUT2D eigenvalue weighted by Crippen LogP contribution is 2.38. The van der Waals surface area contributed by atoms with Gasteiger partial charge in [0.05, 0.1) is 6.26 Å². The Balaban J connectivity index is 2.00. The Bertz CT molecular complexity index is 790. The fourth-order valence-corrected chi connectivity index (χ4v) is 3.04. The normalized spacial score (nSPS) is 20.7. The van der Waals surface area contributed by atoms with Crippen molar-refractivity contribution in [3.8, 4) is 0 Å². The molecule has 0 saturated carbocycles. The van der Waals surface area contributed by atoms with Crippen LogP contribution in [-0.4, -0.2) is 54.5 Å². The van der Waals surface area contributed by atoms with Crippen molar-refractivity contribution in [1.82, 2.24) is 9.80 Å². The maximum Gasteiger partial charge on any atom is 0.291 e. The molecule has 0 N–H and O–H groups in total. The highest BCUT2D eigenvalue weighted by Gasteiger charge is 2.53. The number of hydrogen-bond acceptors (Lipinski definition) is 6. The van der Waals surface area contributed by atoms with E-state index in [2.05, 4.69) is 0 Å². The van der Waals surface area contributed by atoms with Crippen LogP contribution in [0.25, 0.3) is 0 Å². The van der Waals surface area contributed by atoms with Crippen molar-refractivity contribution in [3.63, 3.8) is 0 Å². The zero-order chi connectivity index (χ0) is 18.1. The first-order valence-electron chi connectivity index (χ1n) is 8.03. The molecule has 2 unspecified atom stereocenters. The van der Waals surface area contributed by atoms with Gasteiger partial charge >= 0.3 is 0 Å². The van der Waals surface area contributed by atoms with E-state index in [1.165, 1.54) is 17.2 Å². The average molecular weight is 344 g/mol. The number of likely N-dealkylation sites (tertiary alicyclic amines) is 1. The van der Waals surface area contributed by atoms with Gasteiger partial charge in [-0.3, -0.25) is 14.4 Å². The van der Waals surface area contributed by atoms with Crippen molar-refractivity contribution < 1.29 is 23.2 Å². The van der Waals surface area contributed by atoms with Crippen LogP contribution in [0.5, 0.6) is 0 Å². The van der Waals surface area contributed by atoms with E-state index in [0.717, 1.165) is 0 Å². The van der Waals surface area contributed by atoms with Gasteiger partial charge in [0.25, 0.3) is 5.91 Å².